The largest absolute Gasteiger partial charge is 0.416 e. The normalized spacial score (nSPS) is 11.5. The maximum absolute atomic E-state index is 13.5. The van der Waals surface area contributed by atoms with Gasteiger partial charge in [-0.25, -0.2) is 0 Å². The lowest BCUT2D eigenvalue weighted by Gasteiger charge is -2.24. The number of hydrogen-bond acceptors (Lipinski definition) is 2. The summed E-state index contributed by atoms with van der Waals surface area (Å²) in [5.41, 5.74) is -0.356. The number of nitrogens with zero attached hydrogens (tertiary/aromatic N) is 1. The highest BCUT2D eigenvalue weighted by molar-refractivity contribution is 14.1. The van der Waals surface area contributed by atoms with Crippen molar-refractivity contribution in [3.8, 4) is 0 Å². The maximum atomic E-state index is 13.5. The minimum Gasteiger partial charge on any atom is -0.348 e. The topological polar surface area (TPSA) is 49.4 Å². The summed E-state index contributed by atoms with van der Waals surface area (Å²) in [6, 6.07) is 10.4. The number of halogens is 5. The van der Waals surface area contributed by atoms with E-state index in [0.717, 1.165) is 21.3 Å². The molecule has 0 spiro atoms. The van der Waals surface area contributed by atoms with Crippen LogP contribution in [0.3, 0.4) is 0 Å². The zero-order valence-corrected chi connectivity index (χ0v) is 20.0. The average Bonchev–Trinajstić information content (AvgIpc) is 2.72. The quantitative estimate of drug-likeness (QED) is 0.322. The van der Waals surface area contributed by atoms with Gasteiger partial charge < -0.3 is 10.2 Å². The molecule has 1 N–H and O–H groups in total. The Kier molecular flexibility index (Phi) is 9.17. The van der Waals surface area contributed by atoms with E-state index < -0.39 is 23.6 Å². The first-order valence-electron chi connectivity index (χ1n) is 9.62. The highest BCUT2D eigenvalue weighted by Crippen LogP contribution is 2.33. The molecule has 0 aliphatic carbocycles. The maximum Gasteiger partial charge on any atom is 0.416 e. The summed E-state index contributed by atoms with van der Waals surface area (Å²) in [6.07, 6.45) is -4.10. The molecule has 31 heavy (non-hydrogen) atoms. The first-order chi connectivity index (χ1) is 14.5. The number of benzene rings is 2. The van der Waals surface area contributed by atoms with Gasteiger partial charge in [0.1, 0.15) is 5.88 Å². The molecule has 0 radical (unpaired) electrons. The van der Waals surface area contributed by atoms with E-state index in [1.54, 1.807) is 0 Å². The van der Waals surface area contributed by atoms with E-state index in [-0.39, 0.29) is 36.1 Å². The predicted octanol–water partition coefficient (Wildman–Crippen LogP) is 5.86. The third-order valence-electron chi connectivity index (χ3n) is 4.53. The van der Waals surface area contributed by atoms with Crippen LogP contribution >= 0.6 is 34.2 Å². The van der Waals surface area contributed by atoms with Gasteiger partial charge in [0.15, 0.2) is 0 Å². The second kappa shape index (κ2) is 11.2. The van der Waals surface area contributed by atoms with Crippen molar-refractivity contribution in [2.24, 2.45) is 5.92 Å². The molecule has 0 bridgehead atoms. The lowest BCUT2D eigenvalue weighted by Crippen LogP contribution is -2.34. The molecule has 0 heterocycles. The van der Waals surface area contributed by atoms with Gasteiger partial charge in [-0.2, -0.15) is 13.2 Å². The molecular formula is C22H23ClF3IN2O2. The molecule has 4 nitrogen and oxygen atoms in total. The summed E-state index contributed by atoms with van der Waals surface area (Å²) in [5, 5.41) is 2.63. The van der Waals surface area contributed by atoms with E-state index in [1.165, 1.54) is 11.0 Å². The van der Waals surface area contributed by atoms with E-state index in [9.17, 15) is 22.8 Å². The first kappa shape index (κ1) is 25.5. The fraction of sp³-hybridized carbons (Fsp3) is 0.364. The van der Waals surface area contributed by atoms with Crippen LogP contribution in [0, 0.1) is 9.49 Å². The number of alkyl halides is 4. The van der Waals surface area contributed by atoms with Crippen molar-refractivity contribution in [3.63, 3.8) is 0 Å². The van der Waals surface area contributed by atoms with E-state index >= 15 is 0 Å². The number of rotatable bonds is 8. The summed E-state index contributed by atoms with van der Waals surface area (Å²) >= 11 is 7.83. The predicted molar refractivity (Wildman–Crippen MR) is 124 cm³/mol. The average molecular weight is 567 g/mol. The van der Waals surface area contributed by atoms with Crippen molar-refractivity contribution in [2.45, 2.75) is 33.0 Å². The Balaban J connectivity index is 2.36. The molecular weight excluding hydrogens is 544 g/mol. The van der Waals surface area contributed by atoms with Gasteiger partial charge in [-0.3, -0.25) is 9.59 Å². The Morgan fingerprint density at radius 3 is 2.32 bits per heavy atom. The number of nitrogens with one attached hydrogen (secondary N) is 1. The third-order valence-corrected chi connectivity index (χ3v) is 5.48. The number of carbonyl (C=O) groups excluding carboxylic acids is 2. The van der Waals surface area contributed by atoms with Crippen LogP contribution in [0.5, 0.6) is 0 Å². The van der Waals surface area contributed by atoms with Crippen LogP contribution in [0.4, 0.5) is 18.9 Å². The van der Waals surface area contributed by atoms with E-state index in [4.69, 9.17) is 11.6 Å². The summed E-state index contributed by atoms with van der Waals surface area (Å²) in [6.45, 7) is 4.26. The van der Waals surface area contributed by atoms with Gasteiger partial charge in [-0.05, 0) is 70.8 Å². The Labute approximate surface area is 198 Å². The van der Waals surface area contributed by atoms with Crippen LogP contribution in [0.1, 0.15) is 41.8 Å². The Morgan fingerprint density at radius 2 is 1.77 bits per heavy atom. The molecule has 0 aromatic heterocycles. The second-order valence-electron chi connectivity index (χ2n) is 7.44. The Hall–Kier alpha value is -1.81. The van der Waals surface area contributed by atoms with Gasteiger partial charge in [0.05, 0.1) is 5.56 Å². The van der Waals surface area contributed by atoms with E-state index in [2.05, 4.69) is 27.9 Å². The fourth-order valence-corrected chi connectivity index (χ4v) is 3.31. The lowest BCUT2D eigenvalue weighted by atomic mass is 10.1. The monoisotopic (exact) mass is 566 g/mol. The molecule has 0 atom stereocenters. The molecule has 0 fully saturated rings. The zero-order chi connectivity index (χ0) is 23.2. The standard InChI is InChI=1S/C22H23ClF3IN2O2/c1-14(2)7-8-29(20(30)12-23)19-10-16(9-17(11-19)22(24,25)26)21(31)28-13-15-3-5-18(27)6-4-15/h3-6,9-11,14H,7-8,12-13H2,1-2H3,(H,28,31). The molecule has 0 unspecified atom stereocenters. The molecule has 0 aliphatic heterocycles. The number of anilines is 1. The molecule has 9 heteroatoms. The first-order valence-corrected chi connectivity index (χ1v) is 11.2. The van der Waals surface area contributed by atoms with Crippen LogP contribution in [0.15, 0.2) is 42.5 Å². The van der Waals surface area contributed by atoms with Crippen molar-refractivity contribution in [1.29, 1.82) is 0 Å². The molecule has 2 rings (SSSR count). The van der Waals surface area contributed by atoms with Crippen molar-refractivity contribution < 1.29 is 22.8 Å². The number of amides is 2. The van der Waals surface area contributed by atoms with E-state index in [0.29, 0.717) is 6.42 Å². The highest BCUT2D eigenvalue weighted by atomic mass is 127. The van der Waals surface area contributed by atoms with Gasteiger partial charge in [0.25, 0.3) is 5.91 Å². The van der Waals surface area contributed by atoms with Crippen molar-refractivity contribution >= 4 is 51.7 Å². The molecule has 2 aromatic rings. The molecule has 2 aromatic carbocycles. The highest BCUT2D eigenvalue weighted by Gasteiger charge is 2.33. The van der Waals surface area contributed by atoms with Crippen LogP contribution in [-0.2, 0) is 17.5 Å². The van der Waals surface area contributed by atoms with Crippen molar-refractivity contribution in [2.75, 3.05) is 17.3 Å². The SMILES string of the molecule is CC(C)CCN(C(=O)CCl)c1cc(C(=O)NCc2ccc(I)cc2)cc(C(F)(F)F)c1. The van der Waals surface area contributed by atoms with Gasteiger partial charge >= 0.3 is 6.18 Å². The fourth-order valence-electron chi connectivity index (χ4n) is 2.81. The number of carbonyl (C=O) groups is 2. The minimum absolute atomic E-state index is 0.000500. The summed E-state index contributed by atoms with van der Waals surface area (Å²) < 4.78 is 41.5. The minimum atomic E-state index is -4.67. The van der Waals surface area contributed by atoms with Gasteiger partial charge in [-0.15, -0.1) is 11.6 Å². The zero-order valence-electron chi connectivity index (χ0n) is 17.1. The number of hydrogen-bond donors (Lipinski definition) is 1. The molecule has 0 saturated heterocycles. The van der Waals surface area contributed by atoms with Gasteiger partial charge in [0.2, 0.25) is 5.91 Å². The van der Waals surface area contributed by atoms with Gasteiger partial charge in [-0.1, -0.05) is 26.0 Å². The van der Waals surface area contributed by atoms with Crippen molar-refractivity contribution in [1.82, 2.24) is 5.32 Å². The summed E-state index contributed by atoms with van der Waals surface area (Å²) in [7, 11) is 0. The van der Waals surface area contributed by atoms with Crippen molar-refractivity contribution in [3.05, 3.63) is 62.7 Å². The van der Waals surface area contributed by atoms with Crippen LogP contribution < -0.4 is 10.2 Å². The van der Waals surface area contributed by atoms with Gasteiger partial charge in [0, 0.05) is 27.9 Å². The lowest BCUT2D eigenvalue weighted by molar-refractivity contribution is -0.137. The van der Waals surface area contributed by atoms with Crippen LogP contribution in [0.25, 0.3) is 0 Å². The summed E-state index contributed by atoms with van der Waals surface area (Å²) in [5.74, 6) is -1.32. The summed E-state index contributed by atoms with van der Waals surface area (Å²) in [4.78, 5) is 26.2. The van der Waals surface area contributed by atoms with E-state index in [1.807, 2.05) is 38.1 Å². The smallest absolute Gasteiger partial charge is 0.348 e. The molecule has 0 aliphatic rings. The Morgan fingerprint density at radius 1 is 1.13 bits per heavy atom. The van der Waals surface area contributed by atoms with Crippen LogP contribution in [-0.4, -0.2) is 24.2 Å². The molecule has 168 valence electrons. The molecule has 0 saturated carbocycles. The third kappa shape index (κ3) is 7.68. The van der Waals surface area contributed by atoms with Crippen LogP contribution in [0.2, 0.25) is 0 Å². The Bertz CT molecular complexity index is 918. The molecule has 2 amide bonds. The second-order valence-corrected chi connectivity index (χ2v) is 8.95.